The van der Waals surface area contributed by atoms with Gasteiger partial charge in [-0.05, 0) is 136 Å². The van der Waals surface area contributed by atoms with Crippen LogP contribution in [0.4, 0.5) is 0 Å². The Balaban J connectivity index is 0.000000172. The van der Waals surface area contributed by atoms with E-state index in [4.69, 9.17) is 14.9 Å². The Labute approximate surface area is 363 Å². The molecule has 10 nitrogen and oxygen atoms in total. The van der Waals surface area contributed by atoms with Crippen LogP contribution in [0.3, 0.4) is 0 Å². The van der Waals surface area contributed by atoms with Gasteiger partial charge in [-0.1, -0.05) is 55.5 Å². The molecule has 0 bridgehead atoms. The van der Waals surface area contributed by atoms with Gasteiger partial charge in [-0.15, -0.1) is 11.8 Å². The number of Topliss-reactive ketones (excluding diaryl/α,β-unsaturated/α-hetero) is 1. The first-order valence-corrected chi connectivity index (χ1v) is 23.1. The highest BCUT2D eigenvalue weighted by Gasteiger charge is 2.67. The lowest BCUT2D eigenvalue weighted by Gasteiger charge is -2.58. The van der Waals surface area contributed by atoms with Crippen LogP contribution in [0.5, 0.6) is 0 Å². The third kappa shape index (κ3) is 9.13. The van der Waals surface area contributed by atoms with E-state index in [1.165, 1.54) is 57.0 Å². The standard InChI is InChI=1S/C24H32O4.C20H24N2S2.C4H4O4/c1-14-12-18-19(22(4)9-6-17(27)13-21(14)22)7-10-23(5)20(18)8-11-24(23,15(2)25)28-16(3)26;1-21-9-11-22(12-10-21)18-13-15-5-3-4-6-19(15)24-20-8-7-16(23-2)14-17(18)20;5-3(6)1-2-4(7)8/h12-13,18-20H,6-11H2,1-5H3;3-8,14,18H,9-13H2,1-2H3;1-2H,(H,5,6)(H,7,8). The summed E-state index contributed by atoms with van der Waals surface area (Å²) >= 11 is 3.79. The average molecular weight is 857 g/mol. The SMILES string of the molecule is CC(=O)OC1(C(C)=O)CCC2C3C=C(C)C4=CC(=O)CCC4(C)C3CCC21C.CSc1ccc2c(c1)C(N1CCN(C)CC1)Cc1ccccc1S2.O=C(O)C=CC(=O)O. The molecule has 4 aliphatic carbocycles. The van der Waals surface area contributed by atoms with Crippen LogP contribution < -0.4 is 0 Å². The number of rotatable bonds is 6. The molecule has 0 spiro atoms. The minimum Gasteiger partial charge on any atom is -0.478 e. The molecule has 3 fully saturated rings. The van der Waals surface area contributed by atoms with Crippen molar-refractivity contribution in [2.24, 2.45) is 28.6 Å². The van der Waals surface area contributed by atoms with Crippen molar-refractivity contribution < 1.29 is 38.9 Å². The van der Waals surface area contributed by atoms with Crippen molar-refractivity contribution in [3.05, 3.63) is 89.0 Å². The smallest absolute Gasteiger partial charge is 0.328 e. The maximum Gasteiger partial charge on any atom is 0.328 e. The third-order valence-electron chi connectivity index (χ3n) is 14.4. The molecule has 2 saturated carbocycles. The summed E-state index contributed by atoms with van der Waals surface area (Å²) in [7, 11) is 2.23. The normalized spacial score (nSPS) is 30.8. The number of allylic oxidation sites excluding steroid dienone is 4. The van der Waals surface area contributed by atoms with Crippen LogP contribution >= 0.6 is 23.5 Å². The molecule has 6 aliphatic rings. The number of thioether (sulfide) groups is 1. The van der Waals surface area contributed by atoms with E-state index in [2.05, 4.69) is 92.4 Å². The van der Waals surface area contributed by atoms with Crippen LogP contribution in [-0.4, -0.2) is 94.6 Å². The molecule has 322 valence electrons. The second kappa shape index (κ2) is 18.6. The first-order valence-electron chi connectivity index (χ1n) is 21.1. The third-order valence-corrected chi connectivity index (χ3v) is 16.3. The highest BCUT2D eigenvalue weighted by Crippen LogP contribution is 2.68. The van der Waals surface area contributed by atoms with E-state index in [9.17, 15) is 24.0 Å². The number of aliphatic carboxylic acids is 2. The summed E-state index contributed by atoms with van der Waals surface area (Å²) < 4.78 is 5.82. The van der Waals surface area contributed by atoms with E-state index in [1.807, 2.05) is 29.6 Å². The van der Waals surface area contributed by atoms with E-state index >= 15 is 0 Å². The maximum atomic E-state index is 12.8. The van der Waals surface area contributed by atoms with Gasteiger partial charge in [0.15, 0.2) is 17.2 Å². The van der Waals surface area contributed by atoms with Crippen LogP contribution in [0, 0.1) is 28.6 Å². The van der Waals surface area contributed by atoms with Gasteiger partial charge in [0, 0.05) is 77.8 Å². The van der Waals surface area contributed by atoms with E-state index in [1.54, 1.807) is 6.92 Å². The zero-order valence-corrected chi connectivity index (χ0v) is 37.6. The second-order valence-corrected chi connectivity index (χ2v) is 19.7. The molecule has 0 amide bonds. The molecule has 7 atom stereocenters. The number of esters is 1. The van der Waals surface area contributed by atoms with E-state index in [-0.39, 0.29) is 28.4 Å². The molecule has 2 aliphatic heterocycles. The van der Waals surface area contributed by atoms with Crippen LogP contribution in [0.15, 0.2) is 92.6 Å². The second-order valence-electron chi connectivity index (χ2n) is 17.7. The average Bonchev–Trinajstić information content (AvgIpc) is 3.40. The number of hydrogen-bond acceptors (Lipinski definition) is 10. The van der Waals surface area contributed by atoms with Gasteiger partial charge in [0.25, 0.3) is 0 Å². The molecule has 2 N–H and O–H groups in total. The predicted octanol–water partition coefficient (Wildman–Crippen LogP) is 8.69. The monoisotopic (exact) mass is 856 g/mol. The zero-order chi connectivity index (χ0) is 43.6. The number of carbonyl (C=O) groups is 5. The van der Waals surface area contributed by atoms with E-state index in [0.717, 1.165) is 45.2 Å². The first-order chi connectivity index (χ1) is 28.4. The Kier molecular flexibility index (Phi) is 14.1. The highest BCUT2D eigenvalue weighted by molar-refractivity contribution is 7.99. The number of ether oxygens (including phenoxy) is 1. The number of carbonyl (C=O) groups excluding carboxylic acids is 3. The Morgan fingerprint density at radius 2 is 1.57 bits per heavy atom. The minimum absolute atomic E-state index is 0.0160. The summed E-state index contributed by atoms with van der Waals surface area (Å²) in [6.45, 7) is 14.3. The summed E-state index contributed by atoms with van der Waals surface area (Å²) in [6, 6.07) is 16.5. The van der Waals surface area contributed by atoms with Gasteiger partial charge in [-0.3, -0.25) is 19.3 Å². The fourth-order valence-electron chi connectivity index (χ4n) is 11.3. The van der Waals surface area contributed by atoms with Crippen LogP contribution in [-0.2, 0) is 35.1 Å². The number of fused-ring (bicyclic) bond motifs is 7. The summed E-state index contributed by atoms with van der Waals surface area (Å²) in [5, 5.41) is 15.6. The van der Waals surface area contributed by atoms with Gasteiger partial charge in [0.05, 0.1) is 0 Å². The molecule has 8 rings (SSSR count). The number of piperazine rings is 1. The topological polar surface area (TPSA) is 142 Å². The van der Waals surface area contributed by atoms with Crippen molar-refractivity contribution in [1.82, 2.24) is 9.80 Å². The van der Waals surface area contributed by atoms with Gasteiger partial charge in [-0.25, -0.2) is 9.59 Å². The number of carboxylic acid groups (broad SMARTS) is 2. The van der Waals surface area contributed by atoms with Gasteiger partial charge >= 0.3 is 17.9 Å². The Morgan fingerprint density at radius 3 is 2.20 bits per heavy atom. The van der Waals surface area contributed by atoms with E-state index < -0.39 is 17.5 Å². The predicted molar refractivity (Wildman–Crippen MR) is 235 cm³/mol. The Hall–Kier alpha value is -3.97. The largest absolute Gasteiger partial charge is 0.478 e. The summed E-state index contributed by atoms with van der Waals surface area (Å²) in [6.07, 6.45) is 13.6. The number of benzene rings is 2. The molecule has 2 aromatic rings. The number of ketones is 2. The molecular weight excluding hydrogens is 797 g/mol. The molecule has 2 heterocycles. The van der Waals surface area contributed by atoms with Gasteiger partial charge in [-0.2, -0.15) is 0 Å². The number of carboxylic acids is 2. The van der Waals surface area contributed by atoms with Crippen molar-refractivity contribution in [2.75, 3.05) is 39.5 Å². The van der Waals surface area contributed by atoms with Crippen LogP contribution in [0.1, 0.15) is 90.3 Å². The van der Waals surface area contributed by atoms with Gasteiger partial charge < -0.3 is 19.8 Å². The molecule has 0 radical (unpaired) electrons. The molecule has 0 aromatic heterocycles. The van der Waals surface area contributed by atoms with Crippen molar-refractivity contribution in [3.8, 4) is 0 Å². The van der Waals surface area contributed by atoms with Crippen LogP contribution in [0.25, 0.3) is 0 Å². The first kappa shape index (κ1) is 45.6. The fraction of sp³-hybridized carbons (Fsp3) is 0.521. The van der Waals surface area contributed by atoms with Crippen molar-refractivity contribution in [1.29, 1.82) is 0 Å². The Bertz CT molecular complexity index is 2090. The minimum atomic E-state index is -1.26. The number of nitrogens with zero attached hydrogens (tertiary/aromatic N) is 2. The summed E-state index contributed by atoms with van der Waals surface area (Å²) in [5.41, 5.74) is 4.17. The van der Waals surface area contributed by atoms with Crippen molar-refractivity contribution >= 4 is 53.0 Å². The lowest BCUT2D eigenvalue weighted by Crippen LogP contribution is -2.58. The maximum absolute atomic E-state index is 12.8. The molecule has 12 heteroatoms. The quantitative estimate of drug-likeness (QED) is 0.163. The van der Waals surface area contributed by atoms with Gasteiger partial charge in [0.1, 0.15) is 0 Å². The van der Waals surface area contributed by atoms with Crippen molar-refractivity contribution in [2.45, 2.75) is 106 Å². The van der Waals surface area contributed by atoms with E-state index in [0.29, 0.717) is 48.8 Å². The Morgan fingerprint density at radius 1 is 0.900 bits per heavy atom. The molecule has 2 aromatic carbocycles. The summed E-state index contributed by atoms with van der Waals surface area (Å²) in [5.74, 6) is -1.49. The summed E-state index contributed by atoms with van der Waals surface area (Å²) in [4.78, 5) is 65.2. The van der Waals surface area contributed by atoms with Crippen molar-refractivity contribution in [3.63, 3.8) is 0 Å². The fourth-order valence-corrected chi connectivity index (χ4v) is 12.9. The van der Waals surface area contributed by atoms with Gasteiger partial charge in [0.2, 0.25) is 0 Å². The number of likely N-dealkylation sites (N-methyl/N-ethyl adjacent to an activating group) is 1. The molecule has 60 heavy (non-hydrogen) atoms. The molecular formula is C48H60N2O8S2. The molecule has 7 unspecified atom stereocenters. The highest BCUT2D eigenvalue weighted by atomic mass is 32.2. The molecule has 1 saturated heterocycles. The zero-order valence-electron chi connectivity index (χ0n) is 36.0. The van der Waals surface area contributed by atoms with Crippen LogP contribution in [0.2, 0.25) is 0 Å². The lowest BCUT2D eigenvalue weighted by molar-refractivity contribution is -0.185. The number of hydrogen-bond donors (Lipinski definition) is 2. The lowest BCUT2D eigenvalue weighted by atomic mass is 9.47.